The maximum Gasteiger partial charge on any atom is 0.416 e. The predicted molar refractivity (Wildman–Crippen MR) is 158 cm³/mol. The molecule has 0 aliphatic heterocycles. The van der Waals surface area contributed by atoms with Crippen molar-refractivity contribution in [3.8, 4) is 11.1 Å². The molecular formula is C31H38F3N3O5S. The summed E-state index contributed by atoms with van der Waals surface area (Å²) in [5.74, 6) is -0.970. The molecule has 0 bridgehead atoms. The molecule has 0 aliphatic carbocycles. The van der Waals surface area contributed by atoms with Crippen molar-refractivity contribution >= 4 is 16.0 Å². The average molecular weight is 622 g/mol. The second-order valence-electron chi connectivity index (χ2n) is 11.3. The summed E-state index contributed by atoms with van der Waals surface area (Å²) in [4.78, 5) is 14.4. The van der Waals surface area contributed by atoms with Gasteiger partial charge in [-0.25, -0.2) is 8.42 Å². The number of β-amino-alcohol motifs (C(OH)–C–C–N with tert-alkyl or cyclic N) is 1. The number of benzene rings is 2. The minimum absolute atomic E-state index is 0.0434. The molecule has 0 spiro atoms. The molecule has 0 amide bonds. The highest BCUT2D eigenvalue weighted by molar-refractivity contribution is 7.89. The highest BCUT2D eigenvalue weighted by atomic mass is 32.2. The number of carboxylic acids is 1. The number of nitrogens with one attached hydrogen (secondary N) is 1. The number of alkyl halides is 3. The Morgan fingerprint density at radius 3 is 2.33 bits per heavy atom. The van der Waals surface area contributed by atoms with Gasteiger partial charge in [0.15, 0.2) is 0 Å². The summed E-state index contributed by atoms with van der Waals surface area (Å²) >= 11 is 0. The molecule has 0 unspecified atom stereocenters. The van der Waals surface area contributed by atoms with E-state index in [1.165, 1.54) is 25.2 Å². The van der Waals surface area contributed by atoms with E-state index in [0.717, 1.165) is 35.2 Å². The van der Waals surface area contributed by atoms with Crippen molar-refractivity contribution in [1.29, 1.82) is 0 Å². The van der Waals surface area contributed by atoms with Crippen LogP contribution in [-0.2, 0) is 33.8 Å². The molecule has 1 aromatic heterocycles. The largest absolute Gasteiger partial charge is 0.481 e. The van der Waals surface area contributed by atoms with Crippen LogP contribution in [0.2, 0.25) is 0 Å². The number of carbonyl (C=O) groups is 1. The van der Waals surface area contributed by atoms with E-state index < -0.39 is 38.7 Å². The molecule has 0 fully saturated rings. The van der Waals surface area contributed by atoms with E-state index in [0.29, 0.717) is 17.2 Å². The number of carboxylic acid groups (broad SMARTS) is 1. The third-order valence-corrected chi connectivity index (χ3v) is 8.93. The Kier molecular flexibility index (Phi) is 11.5. The van der Waals surface area contributed by atoms with Crippen molar-refractivity contribution in [2.75, 3.05) is 20.1 Å². The first-order valence-electron chi connectivity index (χ1n) is 13.9. The van der Waals surface area contributed by atoms with Crippen LogP contribution in [0, 0.1) is 0 Å². The molecule has 8 nitrogen and oxygen atoms in total. The Bertz CT molecular complexity index is 1460. The Morgan fingerprint density at radius 2 is 1.72 bits per heavy atom. The minimum atomic E-state index is -4.80. The third kappa shape index (κ3) is 10.4. The lowest BCUT2D eigenvalue weighted by atomic mass is 9.95. The minimum Gasteiger partial charge on any atom is -0.481 e. The Labute approximate surface area is 250 Å². The van der Waals surface area contributed by atoms with Gasteiger partial charge in [0.25, 0.3) is 0 Å². The summed E-state index contributed by atoms with van der Waals surface area (Å²) in [5.41, 5.74) is 0.726. The molecule has 3 N–H and O–H groups in total. The predicted octanol–water partition coefficient (Wildman–Crippen LogP) is 5.16. The quantitative estimate of drug-likeness (QED) is 0.215. The molecule has 12 heteroatoms. The number of aliphatic hydroxyl groups excluding tert-OH is 1. The van der Waals surface area contributed by atoms with Crippen molar-refractivity contribution in [2.24, 2.45) is 0 Å². The molecule has 0 saturated heterocycles. The molecule has 3 rings (SSSR count). The topological polar surface area (TPSA) is 120 Å². The zero-order chi connectivity index (χ0) is 31.8. The number of hydrogen-bond donors (Lipinski definition) is 3. The summed E-state index contributed by atoms with van der Waals surface area (Å²) in [6.07, 6.45) is 0.282. The highest BCUT2D eigenvalue weighted by Gasteiger charge is 2.34. The van der Waals surface area contributed by atoms with E-state index in [9.17, 15) is 31.5 Å². The summed E-state index contributed by atoms with van der Waals surface area (Å²) in [5, 5.41) is 22.7. The molecule has 1 atom stereocenters. The van der Waals surface area contributed by atoms with Gasteiger partial charge in [-0.2, -0.15) is 17.5 Å². The van der Waals surface area contributed by atoms with Crippen molar-refractivity contribution < 1.29 is 36.6 Å². The number of likely N-dealkylation sites (N-methyl/N-ethyl adjacent to an activating group) is 1. The number of halogens is 3. The molecular weight excluding hydrogens is 583 g/mol. The number of aliphatic hydroxyl groups is 1. The zero-order valence-electron chi connectivity index (χ0n) is 24.4. The maximum atomic E-state index is 13.8. The van der Waals surface area contributed by atoms with E-state index in [2.05, 4.69) is 10.3 Å². The summed E-state index contributed by atoms with van der Waals surface area (Å²) in [7, 11) is -3.18. The van der Waals surface area contributed by atoms with Gasteiger partial charge in [-0.15, -0.1) is 0 Å². The Morgan fingerprint density at radius 1 is 1.02 bits per heavy atom. The van der Waals surface area contributed by atoms with Crippen LogP contribution in [-0.4, -0.2) is 65.7 Å². The summed E-state index contributed by atoms with van der Waals surface area (Å²) < 4.78 is 69.0. The van der Waals surface area contributed by atoms with E-state index in [1.54, 1.807) is 18.3 Å². The van der Waals surface area contributed by atoms with Crippen LogP contribution in [0.25, 0.3) is 11.1 Å². The highest BCUT2D eigenvalue weighted by Crippen LogP contribution is 2.35. The van der Waals surface area contributed by atoms with Crippen LogP contribution in [0.5, 0.6) is 0 Å². The van der Waals surface area contributed by atoms with Crippen molar-refractivity contribution in [3.63, 3.8) is 0 Å². The number of pyridine rings is 1. The fraction of sp³-hybridized carbons (Fsp3) is 0.419. The number of aliphatic carboxylic acids is 1. The van der Waals surface area contributed by atoms with Gasteiger partial charge < -0.3 is 15.5 Å². The molecule has 0 aliphatic rings. The number of hydrogen-bond acceptors (Lipinski definition) is 6. The lowest BCUT2D eigenvalue weighted by Gasteiger charge is -2.29. The molecule has 234 valence electrons. The van der Waals surface area contributed by atoms with E-state index in [-0.39, 0.29) is 37.0 Å². The van der Waals surface area contributed by atoms with Gasteiger partial charge in [-0.3, -0.25) is 9.78 Å². The Hall–Kier alpha value is -3.32. The smallest absolute Gasteiger partial charge is 0.416 e. The third-order valence-electron chi connectivity index (χ3n) is 7.13. The average Bonchev–Trinajstić information content (AvgIpc) is 2.95. The van der Waals surface area contributed by atoms with Crippen LogP contribution >= 0.6 is 0 Å². The number of rotatable bonds is 15. The molecule has 0 radical (unpaired) electrons. The number of aryl methyl sites for hydroxylation is 2. The van der Waals surface area contributed by atoms with Gasteiger partial charge in [-0.1, -0.05) is 30.3 Å². The Balaban J connectivity index is 1.69. The van der Waals surface area contributed by atoms with Crippen LogP contribution < -0.4 is 5.32 Å². The summed E-state index contributed by atoms with van der Waals surface area (Å²) in [6.45, 7) is 3.71. The molecule has 0 saturated carbocycles. The standard InChI is InChI=1S/C31H38F3N3O5S/c1-30(2,14-4-6-23-7-5-15-35-19-23)36-20-27(38)21-37(3)43(41,42)28-17-25(16-26(18-28)31(32,33)34)24-11-8-22(9-12-24)10-13-29(39)40/h5,7-9,11-12,15-19,27,36,38H,4,6,10,13-14,20-21H2,1-3H3,(H,39,40)/t27-/m1/s1. The lowest BCUT2D eigenvalue weighted by molar-refractivity contribution is -0.138. The van der Waals surface area contributed by atoms with Crippen LogP contribution in [0.4, 0.5) is 13.2 Å². The van der Waals surface area contributed by atoms with Crippen molar-refractivity contribution in [2.45, 2.75) is 68.7 Å². The second kappa shape index (κ2) is 14.4. The van der Waals surface area contributed by atoms with Gasteiger partial charge >= 0.3 is 12.1 Å². The van der Waals surface area contributed by atoms with E-state index in [1.807, 2.05) is 32.2 Å². The number of sulfonamides is 1. The van der Waals surface area contributed by atoms with Crippen molar-refractivity contribution in [3.05, 3.63) is 83.7 Å². The molecule has 3 aromatic rings. The second-order valence-corrected chi connectivity index (χ2v) is 13.3. The number of aromatic nitrogens is 1. The van der Waals surface area contributed by atoms with Crippen LogP contribution in [0.1, 0.15) is 49.8 Å². The molecule has 43 heavy (non-hydrogen) atoms. The van der Waals surface area contributed by atoms with Gasteiger partial charge in [0.05, 0.1) is 16.6 Å². The van der Waals surface area contributed by atoms with Gasteiger partial charge in [0.1, 0.15) is 0 Å². The molecule has 2 aromatic carbocycles. The first kappa shape index (κ1) is 34.2. The fourth-order valence-corrected chi connectivity index (χ4v) is 5.88. The fourth-order valence-electron chi connectivity index (χ4n) is 4.60. The first-order valence-corrected chi connectivity index (χ1v) is 15.3. The van der Waals surface area contributed by atoms with Crippen molar-refractivity contribution in [1.82, 2.24) is 14.6 Å². The maximum absolute atomic E-state index is 13.8. The van der Waals surface area contributed by atoms with Gasteiger partial charge in [0, 0.05) is 44.5 Å². The SMILES string of the molecule is CN(C[C@H](O)CNC(C)(C)CCCc1cccnc1)S(=O)(=O)c1cc(-c2ccc(CCC(=O)O)cc2)cc(C(F)(F)F)c1. The lowest BCUT2D eigenvalue weighted by Crippen LogP contribution is -2.46. The van der Waals surface area contributed by atoms with E-state index >= 15 is 0 Å². The monoisotopic (exact) mass is 621 g/mol. The number of nitrogens with zero attached hydrogens (tertiary/aromatic N) is 2. The zero-order valence-corrected chi connectivity index (χ0v) is 25.3. The van der Waals surface area contributed by atoms with Crippen LogP contribution in [0.3, 0.4) is 0 Å². The van der Waals surface area contributed by atoms with E-state index in [4.69, 9.17) is 5.11 Å². The normalized spacial score (nSPS) is 13.3. The van der Waals surface area contributed by atoms with Gasteiger partial charge in [-0.05, 0) is 86.1 Å². The summed E-state index contributed by atoms with van der Waals surface area (Å²) in [6, 6.07) is 12.8. The van der Waals surface area contributed by atoms with Gasteiger partial charge in [0.2, 0.25) is 10.0 Å². The van der Waals surface area contributed by atoms with Crippen LogP contribution in [0.15, 0.2) is 71.9 Å². The first-order chi connectivity index (χ1) is 20.1. The molecule has 1 heterocycles.